The number of aliphatic imine (C=N–C) groups is 1. The molecule has 2 atom stereocenters. The number of nitrogens with zero attached hydrogens (tertiary/aromatic N) is 1. The average Bonchev–Trinajstić information content (AvgIpc) is 2.93. The Hall–Kier alpha value is -0.230. The van der Waals surface area contributed by atoms with Gasteiger partial charge in [0.05, 0.1) is 17.5 Å². The van der Waals surface area contributed by atoms with Crippen LogP contribution < -0.4 is 5.32 Å². The summed E-state index contributed by atoms with van der Waals surface area (Å²) in [6.07, 6.45) is 4.31. The SMILES string of the molecule is O=S1(=O)CCCC1CNC1=NCC(C2CC2)S1. The molecule has 17 heavy (non-hydrogen) atoms. The summed E-state index contributed by atoms with van der Waals surface area (Å²) < 4.78 is 23.3. The molecule has 2 aliphatic heterocycles. The maximum Gasteiger partial charge on any atom is 0.156 e. The number of rotatable bonds is 3. The first kappa shape index (κ1) is 11.8. The van der Waals surface area contributed by atoms with Crippen molar-refractivity contribution in [3.63, 3.8) is 0 Å². The van der Waals surface area contributed by atoms with E-state index in [-0.39, 0.29) is 5.25 Å². The minimum absolute atomic E-state index is 0.189. The van der Waals surface area contributed by atoms with Gasteiger partial charge in [-0.2, -0.15) is 0 Å². The Labute approximate surface area is 107 Å². The van der Waals surface area contributed by atoms with Gasteiger partial charge in [0.1, 0.15) is 0 Å². The van der Waals surface area contributed by atoms with E-state index in [0.717, 1.165) is 30.5 Å². The highest BCUT2D eigenvalue weighted by Crippen LogP contribution is 2.41. The molecule has 6 heteroatoms. The Morgan fingerprint density at radius 2 is 2.18 bits per heavy atom. The van der Waals surface area contributed by atoms with Crippen LogP contribution in [0.3, 0.4) is 0 Å². The smallest absolute Gasteiger partial charge is 0.156 e. The van der Waals surface area contributed by atoms with E-state index >= 15 is 0 Å². The quantitative estimate of drug-likeness (QED) is 0.835. The molecular formula is C11H18N2O2S2. The summed E-state index contributed by atoms with van der Waals surface area (Å²) in [6.45, 7) is 1.46. The molecule has 0 aromatic heterocycles. The van der Waals surface area contributed by atoms with Crippen molar-refractivity contribution in [1.29, 1.82) is 0 Å². The monoisotopic (exact) mass is 274 g/mol. The molecule has 3 aliphatic rings. The van der Waals surface area contributed by atoms with Crippen molar-refractivity contribution < 1.29 is 8.42 Å². The van der Waals surface area contributed by atoms with Crippen LogP contribution in [0.15, 0.2) is 4.99 Å². The van der Waals surface area contributed by atoms with Gasteiger partial charge in [-0.3, -0.25) is 4.99 Å². The van der Waals surface area contributed by atoms with Gasteiger partial charge < -0.3 is 5.32 Å². The van der Waals surface area contributed by atoms with Gasteiger partial charge in [-0.1, -0.05) is 11.8 Å². The van der Waals surface area contributed by atoms with E-state index in [0.29, 0.717) is 17.5 Å². The van der Waals surface area contributed by atoms with Crippen LogP contribution in [0.4, 0.5) is 0 Å². The second-order valence-corrected chi connectivity index (χ2v) is 8.78. The fourth-order valence-corrected chi connectivity index (χ4v) is 5.47. The Kier molecular flexibility index (Phi) is 3.11. The highest BCUT2D eigenvalue weighted by Gasteiger charge is 2.36. The van der Waals surface area contributed by atoms with Crippen LogP contribution in [0.1, 0.15) is 25.7 Å². The van der Waals surface area contributed by atoms with Gasteiger partial charge in [-0.15, -0.1) is 0 Å². The van der Waals surface area contributed by atoms with Crippen molar-refractivity contribution in [2.75, 3.05) is 18.8 Å². The highest BCUT2D eigenvalue weighted by atomic mass is 32.2. The molecule has 2 unspecified atom stereocenters. The maximum atomic E-state index is 11.7. The molecule has 1 aliphatic carbocycles. The molecule has 0 radical (unpaired) electrons. The van der Waals surface area contributed by atoms with Gasteiger partial charge in [0.15, 0.2) is 15.0 Å². The minimum Gasteiger partial charge on any atom is -0.364 e. The highest BCUT2D eigenvalue weighted by molar-refractivity contribution is 8.14. The number of nitrogens with one attached hydrogen (secondary N) is 1. The number of hydrogen-bond acceptors (Lipinski definition) is 5. The second kappa shape index (κ2) is 4.46. The lowest BCUT2D eigenvalue weighted by atomic mass is 10.2. The second-order valence-electron chi connectivity index (χ2n) is 5.15. The third-order valence-electron chi connectivity index (χ3n) is 3.77. The van der Waals surface area contributed by atoms with Crippen molar-refractivity contribution in [3.8, 4) is 0 Å². The van der Waals surface area contributed by atoms with Crippen LogP contribution in [0, 0.1) is 5.92 Å². The predicted molar refractivity (Wildman–Crippen MR) is 71.2 cm³/mol. The van der Waals surface area contributed by atoms with Crippen LogP contribution in [0.5, 0.6) is 0 Å². The zero-order chi connectivity index (χ0) is 11.9. The first-order valence-corrected chi connectivity index (χ1v) is 8.91. The molecule has 1 saturated carbocycles. The summed E-state index contributed by atoms with van der Waals surface area (Å²) in [7, 11) is -2.82. The Bertz CT molecular complexity index is 429. The molecule has 2 heterocycles. The largest absolute Gasteiger partial charge is 0.364 e. The van der Waals surface area contributed by atoms with Crippen molar-refractivity contribution in [1.82, 2.24) is 5.32 Å². The van der Waals surface area contributed by atoms with Crippen LogP contribution in [-0.2, 0) is 9.84 Å². The minimum atomic E-state index is -2.82. The lowest BCUT2D eigenvalue weighted by Crippen LogP contribution is -2.33. The molecule has 96 valence electrons. The van der Waals surface area contributed by atoms with Gasteiger partial charge in [0.25, 0.3) is 0 Å². The number of thioether (sulfide) groups is 1. The van der Waals surface area contributed by atoms with Gasteiger partial charge in [0.2, 0.25) is 0 Å². The Balaban J connectivity index is 1.48. The molecule has 0 aromatic rings. The zero-order valence-electron chi connectivity index (χ0n) is 9.76. The summed E-state index contributed by atoms with van der Waals surface area (Å²) in [5.74, 6) is 1.22. The molecule has 1 N–H and O–H groups in total. The molecule has 0 bridgehead atoms. The van der Waals surface area contributed by atoms with Crippen molar-refractivity contribution in [3.05, 3.63) is 0 Å². The predicted octanol–water partition coefficient (Wildman–Crippen LogP) is 1.03. The van der Waals surface area contributed by atoms with E-state index < -0.39 is 9.84 Å². The summed E-state index contributed by atoms with van der Waals surface area (Å²) in [6, 6.07) is 0. The van der Waals surface area contributed by atoms with E-state index in [1.165, 1.54) is 12.8 Å². The summed E-state index contributed by atoms with van der Waals surface area (Å²) in [5, 5.41) is 4.65. The molecule has 0 aromatic carbocycles. The van der Waals surface area contributed by atoms with E-state index in [1.807, 2.05) is 11.8 Å². The number of amidine groups is 1. The van der Waals surface area contributed by atoms with Gasteiger partial charge >= 0.3 is 0 Å². The summed E-state index contributed by atoms with van der Waals surface area (Å²) in [4.78, 5) is 4.46. The lowest BCUT2D eigenvalue weighted by Gasteiger charge is -2.12. The fourth-order valence-electron chi connectivity index (χ4n) is 2.49. The zero-order valence-corrected chi connectivity index (χ0v) is 11.4. The van der Waals surface area contributed by atoms with Crippen LogP contribution in [-0.4, -0.2) is 42.9 Å². The Morgan fingerprint density at radius 1 is 1.35 bits per heavy atom. The van der Waals surface area contributed by atoms with Crippen LogP contribution in [0.2, 0.25) is 0 Å². The molecule has 0 spiro atoms. The lowest BCUT2D eigenvalue weighted by molar-refractivity contribution is 0.587. The first-order chi connectivity index (χ1) is 8.15. The Morgan fingerprint density at radius 3 is 2.82 bits per heavy atom. The molecule has 4 nitrogen and oxygen atoms in total. The van der Waals surface area contributed by atoms with Crippen LogP contribution >= 0.6 is 11.8 Å². The van der Waals surface area contributed by atoms with Gasteiger partial charge in [0, 0.05) is 11.8 Å². The maximum absolute atomic E-state index is 11.7. The van der Waals surface area contributed by atoms with E-state index in [4.69, 9.17) is 0 Å². The van der Waals surface area contributed by atoms with Crippen molar-refractivity contribution >= 4 is 26.8 Å². The topological polar surface area (TPSA) is 58.5 Å². The van der Waals surface area contributed by atoms with Crippen molar-refractivity contribution in [2.24, 2.45) is 10.9 Å². The van der Waals surface area contributed by atoms with E-state index in [1.54, 1.807) is 0 Å². The number of hydrogen-bond donors (Lipinski definition) is 1. The third kappa shape index (κ3) is 2.62. The van der Waals surface area contributed by atoms with Gasteiger partial charge in [-0.25, -0.2) is 8.42 Å². The molecule has 0 amide bonds. The molecule has 2 fully saturated rings. The number of sulfone groups is 1. The van der Waals surface area contributed by atoms with Gasteiger partial charge in [-0.05, 0) is 31.6 Å². The van der Waals surface area contributed by atoms with Crippen molar-refractivity contribution in [2.45, 2.75) is 36.2 Å². The fraction of sp³-hybridized carbons (Fsp3) is 0.909. The summed E-state index contributed by atoms with van der Waals surface area (Å²) in [5.41, 5.74) is 0. The third-order valence-corrected chi connectivity index (χ3v) is 7.38. The molecule has 3 rings (SSSR count). The standard InChI is InChI=1S/C11H18N2O2S2/c14-17(15)5-1-2-9(17)6-12-11-13-7-10(16-11)8-3-4-8/h8-10H,1-7H2,(H,12,13). The van der Waals surface area contributed by atoms with Crippen LogP contribution in [0.25, 0.3) is 0 Å². The first-order valence-electron chi connectivity index (χ1n) is 6.32. The molecular weight excluding hydrogens is 256 g/mol. The summed E-state index contributed by atoms with van der Waals surface area (Å²) >= 11 is 1.81. The molecule has 1 saturated heterocycles. The van der Waals surface area contributed by atoms with E-state index in [2.05, 4.69) is 10.3 Å². The normalized spacial score (nSPS) is 35.9. The average molecular weight is 274 g/mol. The van der Waals surface area contributed by atoms with E-state index in [9.17, 15) is 8.42 Å².